The Kier molecular flexibility index (Phi) is 5.07. The molecule has 1 aromatic heterocycles. The van der Waals surface area contributed by atoms with Gasteiger partial charge in [-0.3, -0.25) is 4.98 Å². The van der Waals surface area contributed by atoms with Crippen molar-refractivity contribution in [1.82, 2.24) is 15.3 Å². The van der Waals surface area contributed by atoms with Crippen LogP contribution in [0.3, 0.4) is 0 Å². The van der Waals surface area contributed by atoms with Crippen LogP contribution >= 0.6 is 0 Å². The second-order valence-corrected chi connectivity index (χ2v) is 4.87. The molecule has 0 aliphatic heterocycles. The van der Waals surface area contributed by atoms with Gasteiger partial charge in [0.15, 0.2) is 0 Å². The van der Waals surface area contributed by atoms with Crippen LogP contribution in [-0.2, 0) is 6.54 Å². The van der Waals surface area contributed by atoms with Gasteiger partial charge in [0.25, 0.3) is 0 Å². The highest BCUT2D eigenvalue weighted by Crippen LogP contribution is 2.21. The van der Waals surface area contributed by atoms with E-state index in [1.54, 1.807) is 12.4 Å². The van der Waals surface area contributed by atoms with E-state index in [0.717, 1.165) is 31.0 Å². The second kappa shape index (κ2) is 7.01. The Labute approximate surface area is 120 Å². The molecule has 0 amide bonds. The molecular formula is C16H21N3O. The summed E-state index contributed by atoms with van der Waals surface area (Å²) in [5, 5.41) is 3.29. The molecule has 0 unspecified atom stereocenters. The van der Waals surface area contributed by atoms with Crippen LogP contribution in [0.4, 0.5) is 0 Å². The molecule has 0 saturated carbocycles. The molecule has 0 fully saturated rings. The summed E-state index contributed by atoms with van der Waals surface area (Å²) in [6, 6.07) is 6.00. The summed E-state index contributed by atoms with van der Waals surface area (Å²) in [6.07, 6.45) is 4.53. The van der Waals surface area contributed by atoms with E-state index in [4.69, 9.17) is 4.74 Å². The van der Waals surface area contributed by atoms with Crippen molar-refractivity contribution in [3.63, 3.8) is 0 Å². The van der Waals surface area contributed by atoms with Gasteiger partial charge in [-0.25, -0.2) is 4.98 Å². The van der Waals surface area contributed by atoms with Gasteiger partial charge in [0.2, 0.25) is 5.88 Å². The monoisotopic (exact) mass is 271 g/mol. The Morgan fingerprint density at radius 1 is 1.10 bits per heavy atom. The minimum atomic E-state index is 0.521. The molecule has 1 N–H and O–H groups in total. The fourth-order valence-corrected chi connectivity index (χ4v) is 1.78. The van der Waals surface area contributed by atoms with E-state index < -0.39 is 0 Å². The highest BCUT2D eigenvalue weighted by Gasteiger charge is 2.02. The standard InChI is InChI=1S/C16H21N3O/c1-4-7-17-9-14-10-19-16(11-18-14)20-15-6-5-12(2)13(3)8-15/h5-6,8,10-11,17H,4,7,9H2,1-3H3. The average molecular weight is 271 g/mol. The number of nitrogens with one attached hydrogen (secondary N) is 1. The normalized spacial score (nSPS) is 10.6. The van der Waals surface area contributed by atoms with Gasteiger partial charge in [-0.2, -0.15) is 0 Å². The molecule has 1 heterocycles. The Bertz CT molecular complexity index is 552. The lowest BCUT2D eigenvalue weighted by Crippen LogP contribution is -2.14. The van der Waals surface area contributed by atoms with Crippen molar-refractivity contribution in [2.45, 2.75) is 33.7 Å². The second-order valence-electron chi connectivity index (χ2n) is 4.87. The molecule has 0 bridgehead atoms. The molecule has 1 aromatic carbocycles. The number of ether oxygens (including phenoxy) is 1. The van der Waals surface area contributed by atoms with E-state index in [1.165, 1.54) is 11.1 Å². The molecule has 4 nitrogen and oxygen atoms in total. The van der Waals surface area contributed by atoms with Crippen molar-refractivity contribution in [3.8, 4) is 11.6 Å². The first kappa shape index (κ1) is 14.5. The molecule has 20 heavy (non-hydrogen) atoms. The maximum atomic E-state index is 5.70. The fraction of sp³-hybridized carbons (Fsp3) is 0.375. The van der Waals surface area contributed by atoms with E-state index in [2.05, 4.69) is 36.1 Å². The fourth-order valence-electron chi connectivity index (χ4n) is 1.78. The molecule has 106 valence electrons. The maximum absolute atomic E-state index is 5.70. The van der Waals surface area contributed by atoms with Gasteiger partial charge < -0.3 is 10.1 Å². The number of aryl methyl sites for hydroxylation is 2. The van der Waals surface area contributed by atoms with Gasteiger partial charge in [0.1, 0.15) is 5.75 Å². The van der Waals surface area contributed by atoms with Gasteiger partial charge in [-0.1, -0.05) is 13.0 Å². The van der Waals surface area contributed by atoms with Crippen molar-refractivity contribution < 1.29 is 4.74 Å². The van der Waals surface area contributed by atoms with Gasteiger partial charge in [0, 0.05) is 6.54 Å². The third kappa shape index (κ3) is 4.03. The molecule has 0 radical (unpaired) electrons. The van der Waals surface area contributed by atoms with E-state index in [-0.39, 0.29) is 0 Å². The Hall–Kier alpha value is -1.94. The van der Waals surface area contributed by atoms with Gasteiger partial charge in [-0.05, 0) is 50.1 Å². The number of hydrogen-bond acceptors (Lipinski definition) is 4. The number of nitrogens with zero attached hydrogens (tertiary/aromatic N) is 2. The van der Waals surface area contributed by atoms with E-state index >= 15 is 0 Å². The van der Waals surface area contributed by atoms with Crippen LogP contribution in [0, 0.1) is 13.8 Å². The van der Waals surface area contributed by atoms with Crippen molar-refractivity contribution in [1.29, 1.82) is 0 Å². The van der Waals surface area contributed by atoms with Crippen molar-refractivity contribution >= 4 is 0 Å². The molecule has 0 atom stereocenters. The molecular weight excluding hydrogens is 250 g/mol. The lowest BCUT2D eigenvalue weighted by atomic mass is 10.1. The van der Waals surface area contributed by atoms with Crippen LogP contribution in [0.1, 0.15) is 30.2 Å². The zero-order chi connectivity index (χ0) is 14.4. The molecule has 2 rings (SSSR count). The predicted molar refractivity (Wildman–Crippen MR) is 80.0 cm³/mol. The third-order valence-electron chi connectivity index (χ3n) is 3.12. The first-order valence-electron chi connectivity index (χ1n) is 6.96. The topological polar surface area (TPSA) is 47.0 Å². The minimum absolute atomic E-state index is 0.521. The number of hydrogen-bond donors (Lipinski definition) is 1. The van der Waals surface area contributed by atoms with Crippen molar-refractivity contribution in [2.75, 3.05) is 6.54 Å². The highest BCUT2D eigenvalue weighted by molar-refractivity contribution is 5.35. The van der Waals surface area contributed by atoms with Gasteiger partial charge in [0.05, 0.1) is 18.1 Å². The molecule has 4 heteroatoms. The zero-order valence-corrected chi connectivity index (χ0v) is 12.3. The highest BCUT2D eigenvalue weighted by atomic mass is 16.5. The van der Waals surface area contributed by atoms with Gasteiger partial charge >= 0.3 is 0 Å². The molecule has 0 aliphatic rings. The first-order chi connectivity index (χ1) is 9.69. The summed E-state index contributed by atoms with van der Waals surface area (Å²) in [5.74, 6) is 1.31. The first-order valence-corrected chi connectivity index (χ1v) is 6.96. The van der Waals surface area contributed by atoms with Crippen molar-refractivity contribution in [3.05, 3.63) is 47.4 Å². The maximum Gasteiger partial charge on any atom is 0.237 e. The summed E-state index contributed by atoms with van der Waals surface area (Å²) >= 11 is 0. The average Bonchev–Trinajstić information content (AvgIpc) is 2.45. The summed E-state index contributed by atoms with van der Waals surface area (Å²) in [6.45, 7) is 8.01. The zero-order valence-electron chi connectivity index (χ0n) is 12.3. The summed E-state index contributed by atoms with van der Waals surface area (Å²) < 4.78 is 5.70. The largest absolute Gasteiger partial charge is 0.437 e. The van der Waals surface area contributed by atoms with Crippen LogP contribution in [0.5, 0.6) is 11.6 Å². The Morgan fingerprint density at radius 2 is 1.95 bits per heavy atom. The number of aromatic nitrogens is 2. The van der Waals surface area contributed by atoms with E-state index in [9.17, 15) is 0 Å². The van der Waals surface area contributed by atoms with Gasteiger partial charge in [-0.15, -0.1) is 0 Å². The van der Waals surface area contributed by atoms with Crippen LogP contribution in [0.15, 0.2) is 30.6 Å². The van der Waals surface area contributed by atoms with Crippen LogP contribution in [0.25, 0.3) is 0 Å². The molecule has 2 aromatic rings. The molecule has 0 saturated heterocycles. The Balaban J connectivity index is 1.97. The molecule has 0 spiro atoms. The SMILES string of the molecule is CCCNCc1cnc(Oc2ccc(C)c(C)c2)cn1. The van der Waals surface area contributed by atoms with Crippen LogP contribution in [-0.4, -0.2) is 16.5 Å². The van der Waals surface area contributed by atoms with E-state index in [0.29, 0.717) is 5.88 Å². The Morgan fingerprint density at radius 3 is 2.60 bits per heavy atom. The van der Waals surface area contributed by atoms with Crippen LogP contribution < -0.4 is 10.1 Å². The predicted octanol–water partition coefficient (Wildman–Crippen LogP) is 3.39. The van der Waals surface area contributed by atoms with Crippen molar-refractivity contribution in [2.24, 2.45) is 0 Å². The lowest BCUT2D eigenvalue weighted by molar-refractivity contribution is 0.458. The van der Waals surface area contributed by atoms with E-state index in [1.807, 2.05) is 18.2 Å². The molecule has 0 aliphatic carbocycles. The minimum Gasteiger partial charge on any atom is -0.437 e. The summed E-state index contributed by atoms with van der Waals surface area (Å²) in [5.41, 5.74) is 3.38. The number of rotatable bonds is 6. The quantitative estimate of drug-likeness (QED) is 0.818. The smallest absolute Gasteiger partial charge is 0.237 e. The number of benzene rings is 1. The third-order valence-corrected chi connectivity index (χ3v) is 3.12. The summed E-state index contributed by atoms with van der Waals surface area (Å²) in [7, 11) is 0. The van der Waals surface area contributed by atoms with Crippen LogP contribution in [0.2, 0.25) is 0 Å². The summed E-state index contributed by atoms with van der Waals surface area (Å²) in [4.78, 5) is 8.62. The lowest BCUT2D eigenvalue weighted by Gasteiger charge is -2.07.